The van der Waals surface area contributed by atoms with E-state index < -0.39 is 0 Å². The summed E-state index contributed by atoms with van der Waals surface area (Å²) in [4.78, 5) is 0. The molecule has 11 heavy (non-hydrogen) atoms. The van der Waals surface area contributed by atoms with E-state index in [0.29, 0.717) is 9.26 Å². The first-order valence-electron chi connectivity index (χ1n) is 2.66. The van der Waals surface area contributed by atoms with Crippen molar-refractivity contribution >= 4 is 40.7 Å². The molecule has 62 valence electrons. The lowest BCUT2D eigenvalue weighted by molar-refractivity contribution is 0.623. The Labute approximate surface area is 83.9 Å². The Balaban J connectivity index is 0.000001000. The minimum atomic E-state index is -0.300. The maximum absolute atomic E-state index is 12.9. The molecule has 0 heterocycles. The van der Waals surface area contributed by atoms with Gasteiger partial charge in [0.1, 0.15) is 0 Å². The lowest BCUT2D eigenvalue weighted by atomic mass is 10.3. The van der Waals surface area contributed by atoms with Gasteiger partial charge in [0.15, 0.2) is 5.82 Å². The smallest absolute Gasteiger partial charge is 0.160 e. The second kappa shape index (κ2) is 4.74. The number of benzene rings is 1. The molecule has 0 amide bonds. The number of rotatable bonds is 1. The van der Waals surface area contributed by atoms with Gasteiger partial charge < -0.3 is 5.43 Å². The van der Waals surface area contributed by atoms with Crippen molar-refractivity contribution < 1.29 is 4.39 Å². The largest absolute Gasteiger partial charge is 0.321 e. The van der Waals surface area contributed by atoms with Crippen LogP contribution in [-0.2, 0) is 0 Å². The molecule has 0 aliphatic carbocycles. The number of hydrazine groups is 1. The number of anilines is 1. The summed E-state index contributed by atoms with van der Waals surface area (Å²) in [7, 11) is 0. The van der Waals surface area contributed by atoms with Gasteiger partial charge in [0.05, 0.1) is 9.26 Å². The van der Waals surface area contributed by atoms with Gasteiger partial charge >= 0.3 is 0 Å². The van der Waals surface area contributed by atoms with Crippen LogP contribution in [0.1, 0.15) is 0 Å². The molecule has 0 radical (unpaired) electrons. The number of nitrogens with two attached hydrogens (primary N) is 1. The summed E-state index contributed by atoms with van der Waals surface area (Å²) in [6, 6.07) is 4.99. The van der Waals surface area contributed by atoms with Gasteiger partial charge in [-0.1, -0.05) is 6.07 Å². The maximum Gasteiger partial charge on any atom is 0.160 e. The van der Waals surface area contributed by atoms with E-state index in [0.717, 1.165) is 0 Å². The van der Waals surface area contributed by atoms with Crippen LogP contribution in [0, 0.1) is 9.39 Å². The fourth-order valence-corrected chi connectivity index (χ4v) is 1.11. The zero-order chi connectivity index (χ0) is 7.56. The van der Waals surface area contributed by atoms with Crippen LogP contribution in [-0.4, -0.2) is 0 Å². The molecule has 2 nitrogen and oxygen atoms in total. The quantitative estimate of drug-likeness (QED) is 0.472. The number of nitrogens with one attached hydrogen (secondary N) is 1. The van der Waals surface area contributed by atoms with Crippen LogP contribution in [0.15, 0.2) is 18.2 Å². The highest BCUT2D eigenvalue weighted by Gasteiger charge is 2.01. The first-order chi connectivity index (χ1) is 4.75. The summed E-state index contributed by atoms with van der Waals surface area (Å²) in [6.07, 6.45) is 0. The Kier molecular flexibility index (Phi) is 4.71. The monoisotopic (exact) mass is 288 g/mol. The zero-order valence-corrected chi connectivity index (χ0v) is 8.45. The molecule has 1 rings (SSSR count). The molecule has 0 unspecified atom stereocenters. The van der Waals surface area contributed by atoms with Gasteiger partial charge in [0.2, 0.25) is 0 Å². The fraction of sp³-hybridized carbons (Fsp3) is 0. The van der Waals surface area contributed by atoms with Crippen LogP contribution in [0.4, 0.5) is 10.1 Å². The number of halogens is 3. The standard InChI is InChI=1S/C6H6FIN2.ClH/c7-6-4(8)2-1-3-5(6)10-9;/h1-3,10H,9H2;1H. The predicted octanol–water partition coefficient (Wildman–Crippen LogP) is 2.14. The van der Waals surface area contributed by atoms with E-state index in [1.807, 2.05) is 22.6 Å². The topological polar surface area (TPSA) is 38.0 Å². The number of hydrogen-bond donors (Lipinski definition) is 2. The molecule has 0 saturated carbocycles. The summed E-state index contributed by atoms with van der Waals surface area (Å²) < 4.78 is 13.4. The first kappa shape index (κ1) is 10.9. The van der Waals surface area contributed by atoms with Crippen molar-refractivity contribution in [2.24, 2.45) is 5.84 Å². The van der Waals surface area contributed by atoms with Crippen LogP contribution in [0.3, 0.4) is 0 Å². The van der Waals surface area contributed by atoms with Crippen LogP contribution in [0.2, 0.25) is 0 Å². The SMILES string of the molecule is Cl.NNc1cccc(I)c1F. The second-order valence-corrected chi connectivity index (χ2v) is 2.91. The molecule has 3 N–H and O–H groups in total. The van der Waals surface area contributed by atoms with E-state index in [-0.39, 0.29) is 18.2 Å². The van der Waals surface area contributed by atoms with E-state index in [2.05, 4.69) is 5.43 Å². The predicted molar refractivity (Wildman–Crippen MR) is 54.2 cm³/mol. The van der Waals surface area contributed by atoms with Gasteiger partial charge in [-0.15, -0.1) is 12.4 Å². The first-order valence-corrected chi connectivity index (χ1v) is 3.74. The lowest BCUT2D eigenvalue weighted by Crippen LogP contribution is -2.08. The van der Waals surface area contributed by atoms with Gasteiger partial charge in [-0.3, -0.25) is 5.84 Å². The molecule has 0 aliphatic rings. The highest BCUT2D eigenvalue weighted by Crippen LogP contribution is 2.17. The molecular formula is C6H7ClFIN2. The van der Waals surface area contributed by atoms with Gasteiger partial charge in [-0.05, 0) is 34.7 Å². The molecule has 0 spiro atoms. The third-order valence-electron chi connectivity index (χ3n) is 1.11. The summed E-state index contributed by atoms with van der Waals surface area (Å²) in [5.74, 6) is 4.73. The fourth-order valence-electron chi connectivity index (χ4n) is 0.615. The van der Waals surface area contributed by atoms with Crippen molar-refractivity contribution in [1.82, 2.24) is 0 Å². The van der Waals surface area contributed by atoms with Crippen molar-refractivity contribution in [2.75, 3.05) is 5.43 Å². The van der Waals surface area contributed by atoms with Gasteiger partial charge in [-0.2, -0.15) is 0 Å². The molecule has 0 fully saturated rings. The Hall–Kier alpha value is -0.0700. The van der Waals surface area contributed by atoms with E-state index in [1.54, 1.807) is 18.2 Å². The Bertz CT molecular complexity index is 244. The van der Waals surface area contributed by atoms with E-state index in [1.165, 1.54) is 0 Å². The summed E-state index contributed by atoms with van der Waals surface area (Å²) in [5, 5.41) is 0. The van der Waals surface area contributed by atoms with E-state index >= 15 is 0 Å². The normalized spacial score (nSPS) is 8.64. The van der Waals surface area contributed by atoms with Gasteiger partial charge in [0, 0.05) is 0 Å². The zero-order valence-electron chi connectivity index (χ0n) is 5.47. The van der Waals surface area contributed by atoms with Crippen molar-refractivity contribution in [2.45, 2.75) is 0 Å². The van der Waals surface area contributed by atoms with Crippen molar-refractivity contribution in [3.05, 3.63) is 27.6 Å². The van der Waals surface area contributed by atoms with Crippen LogP contribution in [0.5, 0.6) is 0 Å². The molecule has 1 aromatic rings. The molecule has 0 aromatic heterocycles. The maximum atomic E-state index is 12.9. The second-order valence-electron chi connectivity index (χ2n) is 1.75. The molecular weight excluding hydrogens is 281 g/mol. The summed E-state index contributed by atoms with van der Waals surface area (Å²) in [5.41, 5.74) is 2.58. The van der Waals surface area contributed by atoms with Crippen LogP contribution in [0.25, 0.3) is 0 Å². The highest BCUT2D eigenvalue weighted by molar-refractivity contribution is 14.1. The Morgan fingerprint density at radius 1 is 1.45 bits per heavy atom. The Morgan fingerprint density at radius 3 is 2.55 bits per heavy atom. The minimum absolute atomic E-state index is 0. The average molecular weight is 288 g/mol. The highest BCUT2D eigenvalue weighted by atomic mass is 127. The molecule has 0 aliphatic heterocycles. The third kappa shape index (κ3) is 2.46. The molecule has 1 aromatic carbocycles. The van der Waals surface area contributed by atoms with Gasteiger partial charge in [-0.25, -0.2) is 4.39 Å². The van der Waals surface area contributed by atoms with Crippen LogP contribution < -0.4 is 11.3 Å². The van der Waals surface area contributed by atoms with E-state index in [9.17, 15) is 4.39 Å². The number of hydrogen-bond acceptors (Lipinski definition) is 2. The lowest BCUT2D eigenvalue weighted by Gasteiger charge is -2.01. The summed E-state index contributed by atoms with van der Waals surface area (Å²) in [6.45, 7) is 0. The van der Waals surface area contributed by atoms with E-state index in [4.69, 9.17) is 5.84 Å². The molecule has 5 heteroatoms. The van der Waals surface area contributed by atoms with Crippen molar-refractivity contribution in [3.63, 3.8) is 0 Å². The van der Waals surface area contributed by atoms with Gasteiger partial charge in [0.25, 0.3) is 0 Å². The summed E-state index contributed by atoms with van der Waals surface area (Å²) >= 11 is 1.90. The minimum Gasteiger partial charge on any atom is -0.321 e. The molecule has 0 saturated heterocycles. The van der Waals surface area contributed by atoms with Crippen molar-refractivity contribution in [3.8, 4) is 0 Å². The molecule has 0 bridgehead atoms. The molecule has 0 atom stereocenters. The Morgan fingerprint density at radius 2 is 2.09 bits per heavy atom. The average Bonchev–Trinajstić information content (AvgIpc) is 1.95. The number of nitrogen functional groups attached to an aromatic ring is 1. The third-order valence-corrected chi connectivity index (χ3v) is 1.94. The van der Waals surface area contributed by atoms with Crippen molar-refractivity contribution in [1.29, 1.82) is 0 Å². The van der Waals surface area contributed by atoms with Crippen LogP contribution >= 0.6 is 35.0 Å².